The summed E-state index contributed by atoms with van der Waals surface area (Å²) in [6, 6.07) is 3.84. The normalized spacial score (nSPS) is 10.7. The molecular formula is C12H9ClFIN2O2. The summed E-state index contributed by atoms with van der Waals surface area (Å²) in [7, 11) is 0. The molecule has 1 aromatic carbocycles. The van der Waals surface area contributed by atoms with Crippen LogP contribution in [0.5, 0.6) is 0 Å². The summed E-state index contributed by atoms with van der Waals surface area (Å²) in [4.78, 5) is 26.5. The lowest BCUT2D eigenvalue weighted by Crippen LogP contribution is -2.36. The van der Waals surface area contributed by atoms with E-state index in [1.165, 1.54) is 18.2 Å². The third kappa shape index (κ3) is 2.59. The molecule has 100 valence electrons. The third-order valence-corrected chi connectivity index (χ3v) is 3.84. The first kappa shape index (κ1) is 14.3. The average molecular weight is 395 g/mol. The quantitative estimate of drug-likeness (QED) is 0.628. The smallest absolute Gasteiger partial charge is 0.297 e. The fourth-order valence-corrected chi connectivity index (χ4v) is 2.75. The van der Waals surface area contributed by atoms with Gasteiger partial charge in [-0.2, -0.15) is 0 Å². The van der Waals surface area contributed by atoms with E-state index in [2.05, 4.69) is 4.98 Å². The van der Waals surface area contributed by atoms with Crippen molar-refractivity contribution < 1.29 is 4.39 Å². The van der Waals surface area contributed by atoms with Gasteiger partial charge in [-0.05, 0) is 47.2 Å². The van der Waals surface area contributed by atoms with E-state index in [-0.39, 0.29) is 5.15 Å². The van der Waals surface area contributed by atoms with Crippen LogP contribution >= 0.6 is 34.2 Å². The number of aromatic nitrogens is 2. The highest BCUT2D eigenvalue weighted by molar-refractivity contribution is 14.1. The number of nitrogens with zero attached hydrogens (tertiary/aromatic N) is 1. The van der Waals surface area contributed by atoms with Crippen LogP contribution in [0, 0.1) is 9.39 Å². The van der Waals surface area contributed by atoms with E-state index >= 15 is 0 Å². The van der Waals surface area contributed by atoms with Crippen molar-refractivity contribution in [1.29, 1.82) is 0 Å². The van der Waals surface area contributed by atoms with Crippen molar-refractivity contribution in [3.63, 3.8) is 0 Å². The fraction of sp³-hybridized carbons (Fsp3) is 0.167. The predicted octanol–water partition coefficient (Wildman–Crippen LogP) is 2.49. The number of aromatic amines is 1. The number of rotatable bonds is 2. The molecule has 4 nitrogen and oxygen atoms in total. The summed E-state index contributed by atoms with van der Waals surface area (Å²) in [6.07, 6.45) is 0.395. The first-order valence-corrected chi connectivity index (χ1v) is 6.90. The molecule has 0 amide bonds. The van der Waals surface area contributed by atoms with Crippen molar-refractivity contribution in [1.82, 2.24) is 9.55 Å². The molecule has 0 saturated carbocycles. The summed E-state index contributed by atoms with van der Waals surface area (Å²) in [5.41, 5.74) is -0.474. The Hall–Kier alpha value is -1.15. The summed E-state index contributed by atoms with van der Waals surface area (Å²) >= 11 is 7.70. The standard InChI is InChI=1S/C12H9ClFIN2O2/c1-2-7-10(13)16-12(19)17(11(7)18)9-4-3-6(14)5-8(9)15/h3-5H,2H2,1H3,(H,16,19). The van der Waals surface area contributed by atoms with Gasteiger partial charge >= 0.3 is 5.69 Å². The van der Waals surface area contributed by atoms with Crippen molar-refractivity contribution in [2.24, 2.45) is 0 Å². The number of hydrogen-bond acceptors (Lipinski definition) is 2. The maximum absolute atomic E-state index is 13.1. The van der Waals surface area contributed by atoms with Gasteiger partial charge in [-0.15, -0.1) is 0 Å². The van der Waals surface area contributed by atoms with Crippen molar-refractivity contribution in [3.8, 4) is 5.69 Å². The lowest BCUT2D eigenvalue weighted by Gasteiger charge is -2.09. The van der Waals surface area contributed by atoms with E-state index < -0.39 is 17.1 Å². The van der Waals surface area contributed by atoms with Crippen LogP contribution in [0.4, 0.5) is 4.39 Å². The van der Waals surface area contributed by atoms with Gasteiger partial charge in [0.1, 0.15) is 11.0 Å². The Morgan fingerprint density at radius 3 is 2.68 bits per heavy atom. The zero-order chi connectivity index (χ0) is 14.2. The summed E-state index contributed by atoms with van der Waals surface area (Å²) in [5, 5.41) is 0.0471. The molecule has 0 fully saturated rings. The van der Waals surface area contributed by atoms with Crippen LogP contribution in [0.15, 0.2) is 27.8 Å². The topological polar surface area (TPSA) is 54.9 Å². The van der Waals surface area contributed by atoms with Gasteiger partial charge in [0.2, 0.25) is 0 Å². The monoisotopic (exact) mass is 394 g/mol. The number of benzene rings is 1. The first-order valence-electron chi connectivity index (χ1n) is 5.44. The Kier molecular flexibility index (Phi) is 4.10. The van der Waals surface area contributed by atoms with E-state index in [9.17, 15) is 14.0 Å². The Bertz CT molecular complexity index is 754. The number of H-pyrrole nitrogens is 1. The maximum atomic E-state index is 13.1. The molecule has 1 heterocycles. The number of nitrogens with one attached hydrogen (secondary N) is 1. The Labute approximate surface area is 126 Å². The summed E-state index contributed by atoms with van der Waals surface area (Å²) in [6.45, 7) is 1.76. The lowest BCUT2D eigenvalue weighted by molar-refractivity contribution is 0.626. The van der Waals surface area contributed by atoms with Gasteiger partial charge in [0, 0.05) is 3.57 Å². The highest BCUT2D eigenvalue weighted by atomic mass is 127. The van der Waals surface area contributed by atoms with Crippen molar-refractivity contribution in [2.75, 3.05) is 0 Å². The van der Waals surface area contributed by atoms with Gasteiger partial charge < -0.3 is 0 Å². The molecule has 2 rings (SSSR count). The van der Waals surface area contributed by atoms with E-state index in [0.29, 0.717) is 21.2 Å². The third-order valence-electron chi connectivity index (χ3n) is 2.65. The minimum absolute atomic E-state index is 0.0471. The van der Waals surface area contributed by atoms with Crippen LogP contribution < -0.4 is 11.2 Å². The molecular weight excluding hydrogens is 385 g/mol. The molecule has 0 saturated heterocycles. The van der Waals surface area contributed by atoms with Crippen LogP contribution in [0.25, 0.3) is 5.69 Å². The molecule has 0 aliphatic carbocycles. The molecule has 7 heteroatoms. The highest BCUT2D eigenvalue weighted by Gasteiger charge is 2.14. The molecule has 0 radical (unpaired) electrons. The largest absolute Gasteiger partial charge is 0.334 e. The Morgan fingerprint density at radius 2 is 2.11 bits per heavy atom. The van der Waals surface area contributed by atoms with Crippen LogP contribution in [0.1, 0.15) is 12.5 Å². The molecule has 0 spiro atoms. The van der Waals surface area contributed by atoms with Crippen molar-refractivity contribution in [3.05, 3.63) is 59.1 Å². The molecule has 0 aliphatic heterocycles. The lowest BCUT2D eigenvalue weighted by atomic mass is 10.2. The van der Waals surface area contributed by atoms with E-state index in [0.717, 1.165) is 4.57 Å². The molecule has 1 N–H and O–H groups in total. The van der Waals surface area contributed by atoms with Gasteiger partial charge in [-0.1, -0.05) is 18.5 Å². The summed E-state index contributed by atoms with van der Waals surface area (Å²) < 4.78 is 14.5. The first-order chi connectivity index (χ1) is 8.95. The van der Waals surface area contributed by atoms with Crippen LogP contribution in [-0.2, 0) is 6.42 Å². The van der Waals surface area contributed by atoms with Gasteiger partial charge in [0.25, 0.3) is 5.56 Å². The van der Waals surface area contributed by atoms with Crippen molar-refractivity contribution in [2.45, 2.75) is 13.3 Å². The fourth-order valence-electron chi connectivity index (χ4n) is 1.73. The number of hydrogen-bond donors (Lipinski definition) is 1. The second-order valence-corrected chi connectivity index (χ2v) is 5.35. The molecule has 19 heavy (non-hydrogen) atoms. The van der Waals surface area contributed by atoms with Gasteiger partial charge in [-0.25, -0.2) is 13.8 Å². The van der Waals surface area contributed by atoms with Crippen LogP contribution in [-0.4, -0.2) is 9.55 Å². The van der Waals surface area contributed by atoms with Gasteiger partial charge in [-0.3, -0.25) is 9.78 Å². The van der Waals surface area contributed by atoms with Gasteiger partial charge in [0.15, 0.2) is 0 Å². The zero-order valence-electron chi connectivity index (χ0n) is 9.84. The van der Waals surface area contributed by atoms with Gasteiger partial charge in [0.05, 0.1) is 11.3 Å². The van der Waals surface area contributed by atoms with E-state index in [1.807, 2.05) is 22.6 Å². The zero-order valence-corrected chi connectivity index (χ0v) is 12.8. The highest BCUT2D eigenvalue weighted by Crippen LogP contribution is 2.16. The Morgan fingerprint density at radius 1 is 1.42 bits per heavy atom. The number of halogens is 3. The van der Waals surface area contributed by atoms with Crippen LogP contribution in [0.2, 0.25) is 5.15 Å². The Balaban J connectivity index is 2.83. The molecule has 0 bridgehead atoms. The maximum Gasteiger partial charge on any atom is 0.334 e. The molecule has 0 unspecified atom stereocenters. The molecule has 2 aromatic rings. The second-order valence-electron chi connectivity index (χ2n) is 3.81. The molecule has 0 aliphatic rings. The second kappa shape index (κ2) is 5.46. The molecule has 1 aromatic heterocycles. The predicted molar refractivity (Wildman–Crippen MR) is 79.7 cm³/mol. The molecule has 0 atom stereocenters. The van der Waals surface area contributed by atoms with Crippen LogP contribution in [0.3, 0.4) is 0 Å². The van der Waals surface area contributed by atoms with E-state index in [4.69, 9.17) is 11.6 Å². The summed E-state index contributed by atoms with van der Waals surface area (Å²) in [5.74, 6) is -0.428. The SMILES string of the molecule is CCc1c(Cl)[nH]c(=O)n(-c2ccc(F)cc2I)c1=O. The minimum atomic E-state index is -0.642. The van der Waals surface area contributed by atoms with Crippen molar-refractivity contribution >= 4 is 34.2 Å². The van der Waals surface area contributed by atoms with E-state index in [1.54, 1.807) is 6.92 Å². The minimum Gasteiger partial charge on any atom is -0.297 e. The average Bonchev–Trinajstić information content (AvgIpc) is 2.31.